The monoisotopic (exact) mass is 638 g/mol. The Balaban J connectivity index is 1.23. The van der Waals surface area contributed by atoms with Gasteiger partial charge in [0, 0.05) is 48.1 Å². The molecule has 4 aromatic rings. The maximum absolute atomic E-state index is 13.7. The van der Waals surface area contributed by atoms with Gasteiger partial charge < -0.3 is 20.7 Å². The summed E-state index contributed by atoms with van der Waals surface area (Å²) in [6.45, 7) is 8.04. The molecule has 3 amide bonds. The van der Waals surface area contributed by atoms with Crippen molar-refractivity contribution in [3.63, 3.8) is 0 Å². The molecule has 0 saturated heterocycles. The topological polar surface area (TPSA) is 164 Å². The van der Waals surface area contributed by atoms with Crippen LogP contribution < -0.4 is 16.0 Å². The molecule has 47 heavy (non-hydrogen) atoms. The first-order valence-corrected chi connectivity index (χ1v) is 16.0. The third-order valence-electron chi connectivity index (χ3n) is 8.28. The first-order valence-electron chi connectivity index (χ1n) is 16.0. The van der Waals surface area contributed by atoms with Crippen LogP contribution in [0.5, 0.6) is 0 Å². The normalized spacial score (nSPS) is 16.9. The number of nitrogens with zero attached hydrogens (tertiary/aromatic N) is 4. The SMILES string of the molecule is Cc1ccncc1-c1ccc(C[C@H](NC(=O)C2CCC(CNC(=O)OC(C)(C)C)CC2)C(=O)Nc2ccc(-c3nn[nH]n3)cc2)cc1. The highest BCUT2D eigenvalue weighted by Gasteiger charge is 2.30. The zero-order chi connectivity index (χ0) is 33.4. The molecule has 0 radical (unpaired) electrons. The Morgan fingerprint density at radius 3 is 2.30 bits per heavy atom. The van der Waals surface area contributed by atoms with E-state index in [1.807, 2.05) is 64.2 Å². The van der Waals surface area contributed by atoms with Crippen LogP contribution in [-0.2, 0) is 20.7 Å². The van der Waals surface area contributed by atoms with Crippen LogP contribution in [-0.4, -0.2) is 61.7 Å². The minimum Gasteiger partial charge on any atom is -0.444 e. The number of alkyl carbamates (subject to hydrolysis) is 1. The summed E-state index contributed by atoms with van der Waals surface area (Å²) in [4.78, 5) is 43.5. The molecule has 1 aliphatic carbocycles. The van der Waals surface area contributed by atoms with E-state index >= 15 is 0 Å². The van der Waals surface area contributed by atoms with E-state index in [-0.39, 0.29) is 23.7 Å². The highest BCUT2D eigenvalue weighted by molar-refractivity contribution is 5.97. The van der Waals surface area contributed by atoms with E-state index in [0.29, 0.717) is 37.3 Å². The fourth-order valence-corrected chi connectivity index (χ4v) is 5.71. The number of aryl methyl sites for hydroxylation is 1. The molecule has 1 aliphatic rings. The van der Waals surface area contributed by atoms with Crippen LogP contribution in [0.3, 0.4) is 0 Å². The Morgan fingerprint density at radius 1 is 0.957 bits per heavy atom. The van der Waals surface area contributed by atoms with Crippen molar-refractivity contribution in [2.75, 3.05) is 11.9 Å². The molecule has 246 valence electrons. The van der Waals surface area contributed by atoms with Crippen molar-refractivity contribution < 1.29 is 19.1 Å². The molecule has 1 fully saturated rings. The van der Waals surface area contributed by atoms with Gasteiger partial charge in [-0.3, -0.25) is 14.6 Å². The van der Waals surface area contributed by atoms with E-state index in [0.717, 1.165) is 40.7 Å². The average Bonchev–Trinajstić information content (AvgIpc) is 3.59. The van der Waals surface area contributed by atoms with E-state index in [1.54, 1.807) is 30.5 Å². The summed E-state index contributed by atoms with van der Waals surface area (Å²) in [6, 6.07) is 16.3. The van der Waals surface area contributed by atoms with Gasteiger partial charge in [-0.25, -0.2) is 4.79 Å². The lowest BCUT2D eigenvalue weighted by molar-refractivity contribution is -0.130. The first kappa shape index (κ1) is 33.2. The Hall–Kier alpha value is -5.13. The molecule has 0 unspecified atom stereocenters. The van der Waals surface area contributed by atoms with Crippen molar-refractivity contribution in [3.05, 3.63) is 78.1 Å². The predicted octanol–water partition coefficient (Wildman–Crippen LogP) is 5.23. The number of carbonyl (C=O) groups excluding carboxylic acids is 3. The van der Waals surface area contributed by atoms with Gasteiger partial charge in [0.1, 0.15) is 11.6 Å². The van der Waals surface area contributed by atoms with E-state index in [4.69, 9.17) is 4.74 Å². The number of aromatic nitrogens is 5. The lowest BCUT2D eigenvalue weighted by atomic mass is 9.81. The van der Waals surface area contributed by atoms with E-state index in [2.05, 4.69) is 41.6 Å². The number of hydrogen-bond donors (Lipinski definition) is 4. The van der Waals surface area contributed by atoms with Gasteiger partial charge in [-0.2, -0.15) is 5.21 Å². The molecule has 1 saturated carbocycles. The third-order valence-corrected chi connectivity index (χ3v) is 8.28. The molecular weight excluding hydrogens is 596 g/mol. The highest BCUT2D eigenvalue weighted by Crippen LogP contribution is 2.29. The Bertz CT molecular complexity index is 1640. The maximum atomic E-state index is 13.7. The standard InChI is InChI=1S/C35H42N8O4/c1-22-17-18-36-21-29(22)25-9-5-23(6-10-25)19-30(33(45)38-28-15-13-26(14-16-28)31-40-42-43-41-31)39-32(44)27-11-7-24(8-12-27)20-37-34(46)47-35(2,3)4/h5-6,9-10,13-18,21,24,27,30H,7-8,11-12,19-20H2,1-4H3,(H,37,46)(H,38,45)(H,39,44)(H,40,41,42,43)/t24?,27?,30-/m0/s1. The molecule has 12 heteroatoms. The fraction of sp³-hybridized carbons (Fsp3) is 0.400. The number of tetrazole rings is 1. The van der Waals surface area contributed by atoms with Crippen LogP contribution in [0.15, 0.2) is 67.0 Å². The predicted molar refractivity (Wildman–Crippen MR) is 178 cm³/mol. The molecule has 0 aliphatic heterocycles. The average molecular weight is 639 g/mol. The summed E-state index contributed by atoms with van der Waals surface area (Å²) in [5.41, 5.74) is 4.90. The van der Waals surface area contributed by atoms with Crippen LogP contribution in [0.25, 0.3) is 22.5 Å². The molecule has 12 nitrogen and oxygen atoms in total. The second kappa shape index (κ2) is 15.0. The lowest BCUT2D eigenvalue weighted by Crippen LogP contribution is -2.48. The Labute approximate surface area is 274 Å². The van der Waals surface area contributed by atoms with E-state index in [1.165, 1.54) is 0 Å². The molecule has 2 heterocycles. The number of ether oxygens (including phenoxy) is 1. The summed E-state index contributed by atoms with van der Waals surface area (Å²) < 4.78 is 5.34. The first-order chi connectivity index (χ1) is 22.5. The number of amides is 3. The molecule has 1 atom stereocenters. The van der Waals surface area contributed by atoms with Gasteiger partial charge in [0.15, 0.2) is 0 Å². The quantitative estimate of drug-likeness (QED) is 0.183. The van der Waals surface area contributed by atoms with Crippen LogP contribution in [0.1, 0.15) is 57.6 Å². The number of H-pyrrole nitrogens is 1. The summed E-state index contributed by atoms with van der Waals surface area (Å²) >= 11 is 0. The van der Waals surface area contributed by atoms with Gasteiger partial charge in [-0.15, -0.1) is 10.2 Å². The third kappa shape index (κ3) is 9.44. The van der Waals surface area contributed by atoms with Crippen molar-refractivity contribution in [1.82, 2.24) is 36.2 Å². The van der Waals surface area contributed by atoms with Crippen LogP contribution in [0.4, 0.5) is 10.5 Å². The van der Waals surface area contributed by atoms with Crippen LogP contribution in [0.2, 0.25) is 0 Å². The second-order valence-electron chi connectivity index (χ2n) is 13.1. The number of pyridine rings is 1. The molecule has 2 aromatic heterocycles. The van der Waals surface area contributed by atoms with Gasteiger partial charge in [0.25, 0.3) is 0 Å². The lowest BCUT2D eigenvalue weighted by Gasteiger charge is -2.29. The smallest absolute Gasteiger partial charge is 0.407 e. The second-order valence-corrected chi connectivity index (χ2v) is 13.1. The zero-order valence-electron chi connectivity index (χ0n) is 27.2. The van der Waals surface area contributed by atoms with Crippen molar-refractivity contribution in [2.45, 2.75) is 71.4 Å². The number of anilines is 1. The minimum absolute atomic E-state index is 0.140. The van der Waals surface area contributed by atoms with Crippen molar-refractivity contribution in [1.29, 1.82) is 0 Å². The van der Waals surface area contributed by atoms with Crippen LogP contribution >= 0.6 is 0 Å². The number of nitrogens with one attached hydrogen (secondary N) is 4. The van der Waals surface area contributed by atoms with Gasteiger partial charge in [0.2, 0.25) is 17.6 Å². The fourth-order valence-electron chi connectivity index (χ4n) is 5.71. The largest absolute Gasteiger partial charge is 0.444 e. The summed E-state index contributed by atoms with van der Waals surface area (Å²) in [7, 11) is 0. The number of rotatable bonds is 10. The molecule has 0 bridgehead atoms. The number of aromatic amines is 1. The highest BCUT2D eigenvalue weighted by atomic mass is 16.6. The number of carbonyl (C=O) groups is 3. The van der Waals surface area contributed by atoms with Gasteiger partial charge in [0.05, 0.1) is 0 Å². The van der Waals surface area contributed by atoms with Gasteiger partial charge in [-0.1, -0.05) is 24.3 Å². The zero-order valence-corrected chi connectivity index (χ0v) is 27.2. The van der Waals surface area contributed by atoms with Gasteiger partial charge >= 0.3 is 6.09 Å². The molecule has 0 spiro atoms. The van der Waals surface area contributed by atoms with Gasteiger partial charge in [-0.05, 0) is 112 Å². The molecule has 2 aromatic carbocycles. The summed E-state index contributed by atoms with van der Waals surface area (Å²) in [5, 5.41) is 22.8. The summed E-state index contributed by atoms with van der Waals surface area (Å²) in [6.07, 6.45) is 6.45. The molecule has 5 rings (SSSR count). The molecular formula is C35H42N8O4. The Morgan fingerprint density at radius 2 is 1.66 bits per heavy atom. The van der Waals surface area contributed by atoms with Crippen LogP contribution in [0, 0.1) is 18.8 Å². The van der Waals surface area contributed by atoms with Crippen molar-refractivity contribution >= 4 is 23.6 Å². The van der Waals surface area contributed by atoms with Crippen molar-refractivity contribution in [3.8, 4) is 22.5 Å². The van der Waals surface area contributed by atoms with E-state index in [9.17, 15) is 14.4 Å². The van der Waals surface area contributed by atoms with E-state index < -0.39 is 17.7 Å². The minimum atomic E-state index is -0.795. The Kier molecular flexibility index (Phi) is 10.6. The van der Waals surface area contributed by atoms with Crippen molar-refractivity contribution in [2.24, 2.45) is 11.8 Å². The number of hydrogen-bond acceptors (Lipinski definition) is 8. The summed E-state index contributed by atoms with van der Waals surface area (Å²) in [5.74, 6) is 0.0523. The molecule has 4 N–H and O–H groups in total. The number of benzene rings is 2. The maximum Gasteiger partial charge on any atom is 0.407 e.